The fourth-order valence-corrected chi connectivity index (χ4v) is 2.68. The molecule has 0 aliphatic heterocycles. The summed E-state index contributed by atoms with van der Waals surface area (Å²) in [7, 11) is 2.97. The van der Waals surface area contributed by atoms with Gasteiger partial charge in [0, 0.05) is 14.5 Å². The Hall–Kier alpha value is -1.40. The van der Waals surface area contributed by atoms with Crippen LogP contribution in [-0.4, -0.2) is 20.0 Å². The first-order valence-electron chi connectivity index (χ1n) is 5.89. The van der Waals surface area contributed by atoms with Crippen LogP contribution in [0.25, 0.3) is 0 Å². The molecule has 0 radical (unpaired) electrons. The van der Waals surface area contributed by atoms with Gasteiger partial charge < -0.3 is 9.47 Å². The van der Waals surface area contributed by atoms with E-state index in [0.29, 0.717) is 26.0 Å². The van der Waals surface area contributed by atoms with Crippen molar-refractivity contribution in [1.29, 1.82) is 0 Å². The summed E-state index contributed by atoms with van der Waals surface area (Å²) in [5.74, 6) is -0.136. The smallest absolute Gasteiger partial charge is 0.197 e. The molecule has 0 heterocycles. The van der Waals surface area contributed by atoms with Gasteiger partial charge in [0.15, 0.2) is 17.3 Å². The van der Waals surface area contributed by atoms with Crippen LogP contribution in [-0.2, 0) is 0 Å². The maximum Gasteiger partial charge on any atom is 0.197 e. The molecule has 0 atom stereocenters. The molecule has 0 N–H and O–H groups in total. The highest BCUT2D eigenvalue weighted by molar-refractivity contribution is 9.10. The summed E-state index contributed by atoms with van der Waals surface area (Å²) in [6, 6.07) is 7.44. The van der Waals surface area contributed by atoms with Gasteiger partial charge in [-0.1, -0.05) is 15.9 Å². The lowest BCUT2D eigenvalue weighted by Gasteiger charge is -2.11. The zero-order chi connectivity index (χ0) is 15.6. The van der Waals surface area contributed by atoms with Crippen LogP contribution in [0.1, 0.15) is 15.9 Å². The Morgan fingerprint density at radius 1 is 1.00 bits per heavy atom. The van der Waals surface area contributed by atoms with Crippen LogP contribution in [0.4, 0.5) is 4.39 Å². The highest BCUT2D eigenvalue weighted by Gasteiger charge is 2.19. The number of carbonyl (C=O) groups is 1. The van der Waals surface area contributed by atoms with E-state index >= 15 is 0 Å². The molecule has 0 amide bonds. The van der Waals surface area contributed by atoms with Crippen molar-refractivity contribution in [3.63, 3.8) is 0 Å². The van der Waals surface area contributed by atoms with Crippen molar-refractivity contribution < 1.29 is 18.7 Å². The van der Waals surface area contributed by atoms with Crippen LogP contribution in [0.5, 0.6) is 11.5 Å². The third-order valence-electron chi connectivity index (χ3n) is 2.89. The monoisotopic (exact) mass is 416 g/mol. The highest BCUT2D eigenvalue weighted by Crippen LogP contribution is 2.34. The molecule has 2 aromatic carbocycles. The van der Waals surface area contributed by atoms with Crippen molar-refractivity contribution in [3.05, 3.63) is 56.2 Å². The predicted octanol–water partition coefficient (Wildman–Crippen LogP) is 4.60. The number of ketones is 1. The maximum atomic E-state index is 13.9. The lowest BCUT2D eigenvalue weighted by atomic mass is 10.0. The van der Waals surface area contributed by atoms with E-state index in [1.165, 1.54) is 32.4 Å². The van der Waals surface area contributed by atoms with Gasteiger partial charge in [0.1, 0.15) is 5.82 Å². The van der Waals surface area contributed by atoms with Crippen molar-refractivity contribution in [3.8, 4) is 11.5 Å². The molecule has 0 aromatic heterocycles. The molecule has 2 aromatic rings. The van der Waals surface area contributed by atoms with Gasteiger partial charge in [-0.05, 0) is 46.3 Å². The molecule has 110 valence electrons. The van der Waals surface area contributed by atoms with E-state index in [1.807, 2.05) is 0 Å². The quantitative estimate of drug-likeness (QED) is 0.682. The minimum absolute atomic E-state index is 0.00822. The van der Waals surface area contributed by atoms with Crippen LogP contribution < -0.4 is 9.47 Å². The van der Waals surface area contributed by atoms with Crippen LogP contribution in [0, 0.1) is 5.82 Å². The molecule has 0 saturated carbocycles. The number of benzene rings is 2. The average Bonchev–Trinajstić information content (AvgIpc) is 2.46. The fraction of sp³-hybridized carbons (Fsp3) is 0.133. The molecular weight excluding hydrogens is 407 g/mol. The Morgan fingerprint density at radius 2 is 1.62 bits per heavy atom. The number of halogens is 3. The van der Waals surface area contributed by atoms with Crippen molar-refractivity contribution in [1.82, 2.24) is 0 Å². The van der Waals surface area contributed by atoms with Crippen molar-refractivity contribution >= 4 is 37.6 Å². The lowest BCUT2D eigenvalue weighted by Crippen LogP contribution is -2.06. The summed E-state index contributed by atoms with van der Waals surface area (Å²) >= 11 is 6.46. The van der Waals surface area contributed by atoms with Gasteiger partial charge in [0.25, 0.3) is 0 Å². The Labute approximate surface area is 138 Å². The van der Waals surface area contributed by atoms with Gasteiger partial charge in [0.05, 0.1) is 19.8 Å². The van der Waals surface area contributed by atoms with Gasteiger partial charge in [-0.15, -0.1) is 0 Å². The van der Waals surface area contributed by atoms with Gasteiger partial charge in [-0.3, -0.25) is 4.79 Å². The number of rotatable bonds is 4. The summed E-state index contributed by atoms with van der Waals surface area (Å²) in [6.45, 7) is 0. The maximum absolute atomic E-state index is 13.9. The Bertz CT molecular complexity index is 702. The van der Waals surface area contributed by atoms with Crippen molar-refractivity contribution in [2.24, 2.45) is 0 Å². The number of ether oxygens (including phenoxy) is 2. The molecule has 0 fully saturated rings. The molecule has 0 unspecified atom stereocenters. The molecule has 21 heavy (non-hydrogen) atoms. The number of hydrogen-bond donors (Lipinski definition) is 0. The number of hydrogen-bond acceptors (Lipinski definition) is 3. The first-order valence-corrected chi connectivity index (χ1v) is 7.47. The summed E-state index contributed by atoms with van der Waals surface area (Å²) in [5.41, 5.74) is 0.292. The molecule has 0 bridgehead atoms. The molecule has 3 nitrogen and oxygen atoms in total. The minimum atomic E-state index is -0.587. The summed E-state index contributed by atoms with van der Waals surface area (Å²) < 4.78 is 25.3. The first kappa shape index (κ1) is 16.0. The third-order valence-corrected chi connectivity index (χ3v) is 4.04. The lowest BCUT2D eigenvalue weighted by molar-refractivity contribution is 0.103. The second-order valence-electron chi connectivity index (χ2n) is 4.14. The number of methoxy groups -OCH3 is 2. The SMILES string of the molecule is COc1cc(Br)c(C(=O)c2ccc(Br)cc2F)cc1OC. The van der Waals surface area contributed by atoms with E-state index in [4.69, 9.17) is 9.47 Å². The van der Waals surface area contributed by atoms with E-state index in [2.05, 4.69) is 31.9 Å². The third kappa shape index (κ3) is 3.27. The predicted molar refractivity (Wildman–Crippen MR) is 84.8 cm³/mol. The first-order chi connectivity index (χ1) is 9.97. The van der Waals surface area contributed by atoms with Crippen LogP contribution in [0.3, 0.4) is 0 Å². The average molecular weight is 418 g/mol. The Balaban J connectivity index is 2.53. The topological polar surface area (TPSA) is 35.5 Å². The minimum Gasteiger partial charge on any atom is -0.493 e. The van der Waals surface area contributed by atoms with Crippen LogP contribution in [0.2, 0.25) is 0 Å². The van der Waals surface area contributed by atoms with Gasteiger partial charge in [0.2, 0.25) is 0 Å². The molecule has 6 heteroatoms. The summed E-state index contributed by atoms with van der Waals surface area (Å²) in [4.78, 5) is 12.5. The summed E-state index contributed by atoms with van der Waals surface area (Å²) in [5, 5.41) is 0. The van der Waals surface area contributed by atoms with Gasteiger partial charge >= 0.3 is 0 Å². The molecular formula is C15H11Br2FO3. The van der Waals surface area contributed by atoms with E-state index in [0.717, 1.165) is 0 Å². The zero-order valence-electron chi connectivity index (χ0n) is 11.2. The largest absolute Gasteiger partial charge is 0.493 e. The number of carbonyl (C=O) groups excluding carboxylic acids is 1. The Kier molecular flexibility index (Phi) is 5.00. The van der Waals surface area contributed by atoms with Crippen molar-refractivity contribution in [2.75, 3.05) is 14.2 Å². The standard InChI is InChI=1S/C15H11Br2FO3/c1-20-13-6-10(11(17)7-14(13)21-2)15(19)9-4-3-8(16)5-12(9)18/h3-7H,1-2H3. The molecule has 0 spiro atoms. The normalized spacial score (nSPS) is 10.3. The van der Waals surface area contributed by atoms with E-state index in [1.54, 1.807) is 12.1 Å². The fourth-order valence-electron chi connectivity index (χ4n) is 1.85. The van der Waals surface area contributed by atoms with Gasteiger partial charge in [-0.25, -0.2) is 4.39 Å². The highest BCUT2D eigenvalue weighted by atomic mass is 79.9. The van der Waals surface area contributed by atoms with Gasteiger partial charge in [-0.2, -0.15) is 0 Å². The second-order valence-corrected chi connectivity index (χ2v) is 5.91. The zero-order valence-corrected chi connectivity index (χ0v) is 14.4. The Morgan fingerprint density at radius 3 is 2.19 bits per heavy atom. The molecule has 0 aliphatic carbocycles. The molecule has 2 rings (SSSR count). The van der Waals surface area contributed by atoms with E-state index in [9.17, 15) is 9.18 Å². The summed E-state index contributed by atoms with van der Waals surface area (Å²) in [6.07, 6.45) is 0. The van der Waals surface area contributed by atoms with Crippen LogP contribution >= 0.6 is 31.9 Å². The molecule has 0 saturated heterocycles. The van der Waals surface area contributed by atoms with E-state index in [-0.39, 0.29) is 5.56 Å². The van der Waals surface area contributed by atoms with Crippen LogP contribution in [0.15, 0.2) is 39.3 Å². The van der Waals surface area contributed by atoms with Crippen molar-refractivity contribution in [2.45, 2.75) is 0 Å². The second kappa shape index (κ2) is 6.58. The molecule has 0 aliphatic rings. The van der Waals surface area contributed by atoms with E-state index < -0.39 is 11.6 Å².